The molecule has 0 atom stereocenters. The van der Waals surface area contributed by atoms with Crippen molar-refractivity contribution in [2.75, 3.05) is 13.2 Å². The van der Waals surface area contributed by atoms with Gasteiger partial charge in [-0.2, -0.15) is 0 Å². The number of hydrogen-bond donors (Lipinski definition) is 0. The first-order valence-electron chi connectivity index (χ1n) is 27.0. The van der Waals surface area contributed by atoms with E-state index in [9.17, 15) is 22.6 Å². The summed E-state index contributed by atoms with van der Waals surface area (Å²) in [5, 5.41) is 0. The summed E-state index contributed by atoms with van der Waals surface area (Å²) in [6, 6.07) is 3.13. The van der Waals surface area contributed by atoms with Crippen LogP contribution in [0.1, 0.15) is 291 Å². The average Bonchev–Trinajstić information content (AvgIpc) is 3.28. The molecule has 0 bridgehead atoms. The van der Waals surface area contributed by atoms with Gasteiger partial charge in [0.25, 0.3) is 0 Å². The fraction of sp³-hybridized carbons (Fsp3) is 0.786. The summed E-state index contributed by atoms with van der Waals surface area (Å²) >= 11 is 0. The Hall–Kier alpha value is -1.45. The molecule has 0 spiro atoms. The number of allylic oxidation sites excluding steroid dienone is 4. The third-order valence-electron chi connectivity index (χ3n) is 12.5. The van der Waals surface area contributed by atoms with Crippen LogP contribution in [-0.4, -0.2) is 38.1 Å². The van der Waals surface area contributed by atoms with E-state index in [1.807, 2.05) is 0 Å². The number of hydrogen-bond acceptors (Lipinski definition) is 7. The van der Waals surface area contributed by atoms with Crippen LogP contribution in [0.2, 0.25) is 0 Å². The fourth-order valence-corrected chi connectivity index (χ4v) is 8.83. The normalized spacial score (nSPS) is 11.7. The van der Waals surface area contributed by atoms with Gasteiger partial charge in [0.05, 0.1) is 29.2 Å². The monoisotopic (exact) mass is 937 g/mol. The van der Waals surface area contributed by atoms with Crippen LogP contribution in [0.25, 0.3) is 0 Å². The molecule has 9 heteroatoms. The molecule has 1 rings (SSSR count). The van der Waals surface area contributed by atoms with Gasteiger partial charge < -0.3 is 14.0 Å². The Kier molecular flexibility index (Phi) is 46.5. The Morgan fingerprint density at radius 2 is 0.677 bits per heavy atom. The molecule has 0 radical (unpaired) electrons. The fourth-order valence-electron chi connectivity index (χ4n) is 8.33. The summed E-state index contributed by atoms with van der Waals surface area (Å²) in [5.41, 5.74) is -0.360. The van der Waals surface area contributed by atoms with Gasteiger partial charge >= 0.3 is 41.5 Å². The van der Waals surface area contributed by atoms with Gasteiger partial charge in [-0.3, -0.25) is 0 Å². The molecular weight excluding hydrogens is 840 g/mol. The summed E-state index contributed by atoms with van der Waals surface area (Å²) in [7, 11) is -4.83. The molecule has 0 aromatic heterocycles. The number of unbranched alkanes of at least 4 members (excludes halogenated alkanes) is 36. The Bertz CT molecular complexity index is 1410. The molecule has 0 saturated heterocycles. The van der Waals surface area contributed by atoms with Crippen molar-refractivity contribution in [2.24, 2.45) is 0 Å². The second-order valence-corrected chi connectivity index (χ2v) is 19.9. The summed E-state index contributed by atoms with van der Waals surface area (Å²) in [5.74, 6) is -1.57. The van der Waals surface area contributed by atoms with Crippen molar-refractivity contribution < 1.29 is 61.6 Å². The van der Waals surface area contributed by atoms with Crippen molar-refractivity contribution in [1.29, 1.82) is 0 Å². The second-order valence-electron chi connectivity index (χ2n) is 18.6. The number of rotatable bonds is 47. The molecule has 0 aliphatic carbocycles. The van der Waals surface area contributed by atoms with E-state index in [1.54, 1.807) is 0 Å². The maximum Gasteiger partial charge on any atom is 1.00 e. The molecular formula is C56H97NaO7S. The largest absolute Gasteiger partial charge is 1.00 e. The van der Waals surface area contributed by atoms with Gasteiger partial charge in [0.2, 0.25) is 0 Å². The zero-order chi connectivity index (χ0) is 46.4. The van der Waals surface area contributed by atoms with Crippen LogP contribution in [0, 0.1) is 0 Å². The third kappa shape index (κ3) is 40.2. The van der Waals surface area contributed by atoms with E-state index >= 15 is 0 Å². The van der Waals surface area contributed by atoms with Gasteiger partial charge in [0.15, 0.2) is 0 Å². The molecule has 7 nitrogen and oxygen atoms in total. The zero-order valence-electron chi connectivity index (χ0n) is 42.5. The van der Waals surface area contributed by atoms with Crippen LogP contribution >= 0.6 is 0 Å². The van der Waals surface area contributed by atoms with Crippen molar-refractivity contribution in [3.63, 3.8) is 0 Å². The third-order valence-corrected chi connectivity index (χ3v) is 13.3. The van der Waals surface area contributed by atoms with E-state index in [2.05, 4.69) is 38.2 Å². The maximum absolute atomic E-state index is 13.0. The number of ether oxygens (including phenoxy) is 2. The van der Waals surface area contributed by atoms with E-state index < -0.39 is 27.0 Å². The molecule has 0 aliphatic rings. The van der Waals surface area contributed by atoms with E-state index in [1.165, 1.54) is 199 Å². The molecule has 65 heavy (non-hydrogen) atoms. The number of benzene rings is 1. The average molecular weight is 937 g/mol. The summed E-state index contributed by atoms with van der Waals surface area (Å²) in [6.45, 7) is 4.88. The first kappa shape index (κ1) is 63.5. The molecule has 370 valence electrons. The molecule has 0 unspecified atom stereocenters. The van der Waals surface area contributed by atoms with Crippen molar-refractivity contribution in [2.45, 2.75) is 276 Å². The topological polar surface area (TPSA) is 110 Å². The second kappa shape index (κ2) is 47.6. The van der Waals surface area contributed by atoms with Crippen LogP contribution in [0.15, 0.2) is 47.4 Å². The van der Waals surface area contributed by atoms with Gasteiger partial charge in [-0.25, -0.2) is 18.0 Å². The molecule has 0 fully saturated rings. The molecule has 0 heterocycles. The van der Waals surface area contributed by atoms with Crippen LogP contribution in [0.5, 0.6) is 0 Å². The number of carbonyl (C=O) groups excluding carboxylic acids is 2. The van der Waals surface area contributed by atoms with Crippen LogP contribution in [-0.2, 0) is 19.6 Å². The van der Waals surface area contributed by atoms with Crippen LogP contribution < -0.4 is 29.6 Å². The van der Waals surface area contributed by atoms with E-state index in [0.29, 0.717) is 12.8 Å². The Morgan fingerprint density at radius 1 is 0.415 bits per heavy atom. The minimum absolute atomic E-state index is 0. The standard InChI is InChI=1S/C56H98O7S.Na/c1-3-5-7-9-11-13-15-17-19-21-23-25-27-29-31-33-35-37-39-41-43-45-49-62-55(57)53-48-47-52(64(59,60)61)51-54(53)56(58)63-50-46-44-42-40-38-36-34-32-30-28-26-24-22-20-18-16-14-12-10-8-6-4-2;/h35-38,47-48,51H,3-34,39-46,49-50H2,1-2H3,(H,59,60,61);/q;+1/p-1/b37-35+,38-36+;. The van der Waals surface area contributed by atoms with Crippen LogP contribution in [0.4, 0.5) is 0 Å². The van der Waals surface area contributed by atoms with Crippen molar-refractivity contribution >= 4 is 22.1 Å². The zero-order valence-corrected chi connectivity index (χ0v) is 45.3. The van der Waals surface area contributed by atoms with Gasteiger partial charge in [0, 0.05) is 0 Å². The van der Waals surface area contributed by atoms with E-state index in [4.69, 9.17) is 9.47 Å². The molecule has 0 N–H and O–H groups in total. The van der Waals surface area contributed by atoms with Crippen molar-refractivity contribution in [3.8, 4) is 0 Å². The summed E-state index contributed by atoms with van der Waals surface area (Å²) in [4.78, 5) is 25.4. The molecule has 0 aliphatic heterocycles. The minimum atomic E-state index is -4.83. The first-order chi connectivity index (χ1) is 31.3. The summed E-state index contributed by atoms with van der Waals surface area (Å²) in [6.07, 6.45) is 59.7. The molecule has 1 aromatic carbocycles. The Balaban J connectivity index is 0.0000410. The SMILES string of the molecule is CCCCCCCCCCCCCCCCC/C=C/CCCCCOC(=O)c1ccc(S(=O)(=O)[O-])cc1C(=O)OCCCCC/C=C/CCCCCCCCCCCCCCCCC.[Na+]. The maximum atomic E-state index is 13.0. The number of esters is 2. The van der Waals surface area contributed by atoms with Crippen LogP contribution in [0.3, 0.4) is 0 Å². The first-order valence-corrected chi connectivity index (χ1v) is 28.5. The Morgan fingerprint density at radius 3 is 0.969 bits per heavy atom. The predicted molar refractivity (Wildman–Crippen MR) is 269 cm³/mol. The van der Waals surface area contributed by atoms with E-state index in [-0.39, 0.29) is 53.9 Å². The number of carbonyl (C=O) groups is 2. The van der Waals surface area contributed by atoms with E-state index in [0.717, 1.165) is 63.5 Å². The minimum Gasteiger partial charge on any atom is -0.744 e. The van der Waals surface area contributed by atoms with Gasteiger partial charge in [-0.15, -0.1) is 0 Å². The Labute approximate surface area is 423 Å². The van der Waals surface area contributed by atoms with Crippen molar-refractivity contribution in [1.82, 2.24) is 0 Å². The summed E-state index contributed by atoms with van der Waals surface area (Å²) < 4.78 is 46.0. The molecule has 0 saturated carbocycles. The predicted octanol–water partition coefficient (Wildman–Crippen LogP) is 14.7. The molecule has 1 aromatic rings. The molecule has 0 amide bonds. The quantitative estimate of drug-likeness (QED) is 0.0210. The van der Waals surface area contributed by atoms with Crippen molar-refractivity contribution in [3.05, 3.63) is 53.6 Å². The smallest absolute Gasteiger partial charge is 0.744 e. The van der Waals surface area contributed by atoms with Gasteiger partial charge in [0.1, 0.15) is 10.1 Å². The van der Waals surface area contributed by atoms with Gasteiger partial charge in [-0.1, -0.05) is 218 Å². The van der Waals surface area contributed by atoms with Gasteiger partial charge in [-0.05, 0) is 95.2 Å².